The maximum absolute atomic E-state index is 12.5. The van der Waals surface area contributed by atoms with Gasteiger partial charge in [0.05, 0.1) is 13.2 Å². The number of aryl methyl sites for hydroxylation is 1. The number of hydrogen-bond acceptors (Lipinski definition) is 8. The van der Waals surface area contributed by atoms with E-state index in [4.69, 9.17) is 4.74 Å². The van der Waals surface area contributed by atoms with Crippen LogP contribution in [0.2, 0.25) is 0 Å². The van der Waals surface area contributed by atoms with Gasteiger partial charge in [-0.1, -0.05) is 12.1 Å². The van der Waals surface area contributed by atoms with Gasteiger partial charge in [0.25, 0.3) is 0 Å². The Morgan fingerprint density at radius 3 is 2.58 bits per heavy atom. The van der Waals surface area contributed by atoms with E-state index in [0.29, 0.717) is 32.3 Å². The minimum atomic E-state index is -5.01. The molecule has 0 atom stereocenters. The van der Waals surface area contributed by atoms with E-state index >= 15 is 0 Å². The van der Waals surface area contributed by atoms with Crippen molar-refractivity contribution in [1.82, 2.24) is 14.7 Å². The van der Waals surface area contributed by atoms with Crippen LogP contribution in [0.4, 0.5) is 24.9 Å². The Balaban J connectivity index is 1.60. The van der Waals surface area contributed by atoms with E-state index in [1.165, 1.54) is 12.1 Å². The Kier molecular flexibility index (Phi) is 7.18. The minimum Gasteiger partial charge on any atom is -0.404 e. The number of sulfonamides is 1. The average Bonchev–Trinajstić information content (AvgIpc) is 2.71. The maximum atomic E-state index is 12.5. The van der Waals surface area contributed by atoms with Crippen molar-refractivity contribution < 1.29 is 31.1 Å². The lowest BCUT2D eigenvalue weighted by atomic mass is 10.3. The van der Waals surface area contributed by atoms with Crippen LogP contribution in [0.15, 0.2) is 35.2 Å². The summed E-state index contributed by atoms with van der Waals surface area (Å²) >= 11 is 0. The van der Waals surface area contributed by atoms with Gasteiger partial charge in [-0.2, -0.15) is 4.98 Å². The summed E-state index contributed by atoms with van der Waals surface area (Å²) in [5.74, 6) is 0.256. The zero-order chi connectivity index (χ0) is 22.5. The summed E-state index contributed by atoms with van der Waals surface area (Å²) in [6.45, 7) is 4.45. The number of alkyl halides is 3. The topological polar surface area (TPSA) is 106 Å². The summed E-state index contributed by atoms with van der Waals surface area (Å²) in [6, 6.07) is 6.38. The molecule has 0 radical (unpaired) electrons. The second-order valence-corrected chi connectivity index (χ2v) is 8.35. The molecule has 1 aromatic heterocycles. The average molecular weight is 461 g/mol. The number of benzene rings is 1. The zero-order valence-electron chi connectivity index (χ0n) is 16.6. The van der Waals surface area contributed by atoms with Crippen LogP contribution in [0.25, 0.3) is 0 Å². The summed E-state index contributed by atoms with van der Waals surface area (Å²) in [4.78, 5) is 10.2. The fourth-order valence-electron chi connectivity index (χ4n) is 2.90. The highest BCUT2D eigenvalue weighted by Gasteiger charge is 2.33. The second-order valence-electron chi connectivity index (χ2n) is 6.61. The molecule has 0 spiro atoms. The van der Waals surface area contributed by atoms with E-state index in [-0.39, 0.29) is 13.1 Å². The number of rotatable bonds is 8. The molecule has 2 heterocycles. The van der Waals surface area contributed by atoms with Gasteiger partial charge in [0.2, 0.25) is 16.0 Å². The molecule has 1 aliphatic rings. The third kappa shape index (κ3) is 6.67. The van der Waals surface area contributed by atoms with Crippen LogP contribution in [0, 0.1) is 6.92 Å². The fraction of sp³-hybridized carbons (Fsp3) is 0.444. The van der Waals surface area contributed by atoms with Gasteiger partial charge >= 0.3 is 6.36 Å². The van der Waals surface area contributed by atoms with Crippen molar-refractivity contribution in [2.45, 2.75) is 18.2 Å². The van der Waals surface area contributed by atoms with Gasteiger partial charge in [-0.3, -0.25) is 0 Å². The molecule has 1 saturated heterocycles. The van der Waals surface area contributed by atoms with Gasteiger partial charge in [-0.15, -0.1) is 13.2 Å². The minimum absolute atomic E-state index is 0.104. The molecule has 2 N–H and O–H groups in total. The van der Waals surface area contributed by atoms with Crippen LogP contribution in [-0.2, 0) is 14.8 Å². The summed E-state index contributed by atoms with van der Waals surface area (Å²) < 4.78 is 73.8. The summed E-state index contributed by atoms with van der Waals surface area (Å²) in [6.07, 6.45) is -5.01. The number of nitrogens with one attached hydrogen (secondary N) is 2. The van der Waals surface area contributed by atoms with Crippen molar-refractivity contribution >= 4 is 21.8 Å². The molecule has 1 aromatic carbocycles. The van der Waals surface area contributed by atoms with E-state index in [1.54, 1.807) is 0 Å². The Bertz CT molecular complexity index is 998. The number of aromatic nitrogens is 2. The first kappa shape index (κ1) is 23.0. The predicted octanol–water partition coefficient (Wildman–Crippen LogP) is 1.91. The van der Waals surface area contributed by atoms with Crippen LogP contribution in [-0.4, -0.2) is 64.1 Å². The van der Waals surface area contributed by atoms with E-state index in [9.17, 15) is 21.6 Å². The third-order valence-corrected chi connectivity index (χ3v) is 5.74. The van der Waals surface area contributed by atoms with E-state index in [0.717, 1.165) is 23.6 Å². The lowest BCUT2D eigenvalue weighted by Crippen LogP contribution is -2.37. The summed E-state index contributed by atoms with van der Waals surface area (Å²) in [5, 5.41) is 2.92. The molecule has 9 nitrogen and oxygen atoms in total. The van der Waals surface area contributed by atoms with Gasteiger partial charge in [-0.05, 0) is 19.1 Å². The van der Waals surface area contributed by atoms with Crippen LogP contribution < -0.4 is 19.7 Å². The molecular formula is C18H22F3N5O4S. The van der Waals surface area contributed by atoms with Crippen LogP contribution >= 0.6 is 0 Å². The van der Waals surface area contributed by atoms with Crippen molar-refractivity contribution in [3.05, 3.63) is 36.0 Å². The molecule has 0 amide bonds. The molecule has 13 heteroatoms. The van der Waals surface area contributed by atoms with Crippen molar-refractivity contribution in [2.24, 2.45) is 0 Å². The molecule has 0 bridgehead atoms. The van der Waals surface area contributed by atoms with Crippen LogP contribution in [0.5, 0.6) is 5.75 Å². The maximum Gasteiger partial charge on any atom is 0.573 e. The first-order chi connectivity index (χ1) is 14.6. The highest BCUT2D eigenvalue weighted by atomic mass is 32.2. The van der Waals surface area contributed by atoms with Crippen molar-refractivity contribution in [1.29, 1.82) is 0 Å². The van der Waals surface area contributed by atoms with Gasteiger partial charge in [0, 0.05) is 37.9 Å². The number of morpholine rings is 1. The first-order valence-electron chi connectivity index (χ1n) is 9.41. The first-order valence-corrected chi connectivity index (χ1v) is 10.9. The van der Waals surface area contributed by atoms with Crippen molar-refractivity contribution in [3.63, 3.8) is 0 Å². The van der Waals surface area contributed by atoms with E-state index in [1.807, 2.05) is 13.0 Å². The molecule has 1 fully saturated rings. The number of nitrogens with zero attached hydrogens (tertiary/aromatic N) is 3. The second kappa shape index (κ2) is 9.66. The normalized spacial score (nSPS) is 15.0. The Morgan fingerprint density at radius 2 is 1.87 bits per heavy atom. The zero-order valence-corrected chi connectivity index (χ0v) is 17.5. The number of anilines is 2. The standard InChI is InChI=1S/C18H22F3N5O4S/c1-13-12-16(26-8-10-29-11-9-26)25-17(24-13)22-6-7-23-31(27,28)15-5-3-2-4-14(15)30-18(19,20)21/h2-5,12,23H,6-11H2,1H3,(H,22,24,25). The summed E-state index contributed by atoms with van der Waals surface area (Å²) in [5.41, 5.74) is 0.734. The van der Waals surface area contributed by atoms with Gasteiger partial charge < -0.3 is 19.7 Å². The largest absolute Gasteiger partial charge is 0.573 e. The van der Waals surface area contributed by atoms with Gasteiger partial charge in [-0.25, -0.2) is 18.1 Å². The van der Waals surface area contributed by atoms with E-state index < -0.39 is 27.0 Å². The summed E-state index contributed by atoms with van der Waals surface area (Å²) in [7, 11) is -4.23. The smallest absolute Gasteiger partial charge is 0.404 e. The highest BCUT2D eigenvalue weighted by molar-refractivity contribution is 7.89. The quantitative estimate of drug-likeness (QED) is 0.575. The Labute approximate surface area is 177 Å². The molecule has 0 saturated carbocycles. The molecule has 1 aliphatic heterocycles. The monoisotopic (exact) mass is 461 g/mol. The SMILES string of the molecule is Cc1cc(N2CCOCC2)nc(NCCNS(=O)(=O)c2ccccc2OC(F)(F)F)n1. The molecule has 170 valence electrons. The van der Waals surface area contributed by atoms with Crippen LogP contribution in [0.3, 0.4) is 0 Å². The van der Waals surface area contributed by atoms with Crippen molar-refractivity contribution in [3.8, 4) is 5.75 Å². The number of halogens is 3. The molecule has 2 aromatic rings. The molecular weight excluding hydrogens is 439 g/mol. The van der Waals surface area contributed by atoms with Gasteiger partial charge in [0.15, 0.2) is 0 Å². The number of para-hydroxylation sites is 1. The van der Waals surface area contributed by atoms with Gasteiger partial charge in [0.1, 0.15) is 16.5 Å². The Hall–Kier alpha value is -2.64. The Morgan fingerprint density at radius 1 is 1.16 bits per heavy atom. The lowest BCUT2D eigenvalue weighted by Gasteiger charge is -2.28. The third-order valence-electron chi connectivity index (χ3n) is 4.24. The predicted molar refractivity (Wildman–Crippen MR) is 107 cm³/mol. The number of hydrogen-bond donors (Lipinski definition) is 2. The highest BCUT2D eigenvalue weighted by Crippen LogP contribution is 2.29. The molecule has 0 aliphatic carbocycles. The van der Waals surface area contributed by atoms with Crippen molar-refractivity contribution in [2.75, 3.05) is 49.6 Å². The molecule has 3 rings (SSSR count). The van der Waals surface area contributed by atoms with Crippen LogP contribution in [0.1, 0.15) is 5.69 Å². The van der Waals surface area contributed by atoms with E-state index in [2.05, 4.69) is 29.6 Å². The molecule has 0 unspecified atom stereocenters. The fourth-order valence-corrected chi connectivity index (χ4v) is 4.06. The number of ether oxygens (including phenoxy) is 2. The lowest BCUT2D eigenvalue weighted by molar-refractivity contribution is -0.275. The molecule has 31 heavy (non-hydrogen) atoms.